The van der Waals surface area contributed by atoms with Crippen molar-refractivity contribution < 1.29 is 42.9 Å². The van der Waals surface area contributed by atoms with Crippen molar-refractivity contribution in [2.45, 2.75) is 57.6 Å². The van der Waals surface area contributed by atoms with E-state index in [1.54, 1.807) is 12.2 Å². The van der Waals surface area contributed by atoms with Gasteiger partial charge in [0.2, 0.25) is 0 Å². The van der Waals surface area contributed by atoms with Gasteiger partial charge in [-0.25, -0.2) is 9.59 Å². The monoisotopic (exact) mass is 463 g/mol. The average molecular weight is 463 g/mol. The minimum atomic E-state index is -0.951. The number of hydrogen-bond donors (Lipinski definition) is 1. The summed E-state index contributed by atoms with van der Waals surface area (Å²) >= 11 is 0. The molecule has 1 aliphatic heterocycles. The SMILES string of the molecule is COC(=O)[C@H](CC[C@@H]1C=C[C@H](OC(C)=O)[C@@H](COC(C)=O)O1)NC(=O)OCc1ccccc1. The first-order valence-electron chi connectivity index (χ1n) is 10.5. The van der Waals surface area contributed by atoms with E-state index in [2.05, 4.69) is 5.32 Å². The van der Waals surface area contributed by atoms with Crippen LogP contribution in [0.1, 0.15) is 32.3 Å². The summed E-state index contributed by atoms with van der Waals surface area (Å²) in [6.45, 7) is 2.50. The van der Waals surface area contributed by atoms with Crippen LogP contribution in [-0.2, 0) is 44.7 Å². The Kier molecular flexibility index (Phi) is 10.4. The third-order valence-electron chi connectivity index (χ3n) is 4.71. The maximum absolute atomic E-state index is 12.2. The van der Waals surface area contributed by atoms with Crippen LogP contribution in [0.15, 0.2) is 42.5 Å². The Bertz CT molecular complexity index is 840. The van der Waals surface area contributed by atoms with Crippen LogP contribution in [0.25, 0.3) is 0 Å². The summed E-state index contributed by atoms with van der Waals surface area (Å²) < 4.78 is 26.0. The largest absolute Gasteiger partial charge is 0.467 e. The molecule has 0 saturated heterocycles. The smallest absolute Gasteiger partial charge is 0.408 e. The molecule has 0 bridgehead atoms. The second-order valence-corrected chi connectivity index (χ2v) is 7.33. The van der Waals surface area contributed by atoms with Crippen LogP contribution in [0, 0.1) is 0 Å². The van der Waals surface area contributed by atoms with E-state index >= 15 is 0 Å². The van der Waals surface area contributed by atoms with Crippen molar-refractivity contribution in [1.82, 2.24) is 5.32 Å². The molecule has 0 aromatic heterocycles. The number of ether oxygens (including phenoxy) is 5. The number of methoxy groups -OCH3 is 1. The number of esters is 3. The molecule has 180 valence electrons. The quantitative estimate of drug-likeness (QED) is 0.315. The van der Waals surface area contributed by atoms with E-state index < -0.39 is 48.4 Å². The van der Waals surface area contributed by atoms with E-state index in [-0.39, 0.29) is 19.6 Å². The highest BCUT2D eigenvalue weighted by Gasteiger charge is 2.32. The van der Waals surface area contributed by atoms with Gasteiger partial charge in [0, 0.05) is 13.8 Å². The standard InChI is InChI=1S/C23H29NO9/c1-15(25)30-14-21-20(32-16(2)26)12-10-18(33-21)9-11-19(22(27)29-3)24-23(28)31-13-17-7-5-4-6-8-17/h4-8,10,12,18-21H,9,11,13-14H2,1-3H3,(H,24,28)/t18-,19+,20+,21-/m1/s1. The molecular formula is C23H29NO9. The summed E-state index contributed by atoms with van der Waals surface area (Å²) in [5.74, 6) is -1.61. The summed E-state index contributed by atoms with van der Waals surface area (Å²) in [5, 5.41) is 2.51. The van der Waals surface area contributed by atoms with Gasteiger partial charge in [-0.15, -0.1) is 0 Å². The maximum Gasteiger partial charge on any atom is 0.408 e. The minimum absolute atomic E-state index is 0.0599. The lowest BCUT2D eigenvalue weighted by atomic mass is 10.0. The predicted molar refractivity (Wildman–Crippen MR) is 115 cm³/mol. The van der Waals surface area contributed by atoms with Crippen molar-refractivity contribution in [3.05, 3.63) is 48.0 Å². The van der Waals surface area contributed by atoms with Gasteiger partial charge in [0.1, 0.15) is 31.5 Å². The van der Waals surface area contributed by atoms with Crippen LogP contribution in [0.5, 0.6) is 0 Å². The van der Waals surface area contributed by atoms with Gasteiger partial charge < -0.3 is 29.0 Å². The molecule has 2 rings (SSSR count). The first-order chi connectivity index (χ1) is 15.8. The van der Waals surface area contributed by atoms with Gasteiger partial charge in [-0.2, -0.15) is 0 Å². The Labute approximate surface area is 192 Å². The second kappa shape index (κ2) is 13.2. The van der Waals surface area contributed by atoms with E-state index in [1.165, 1.54) is 21.0 Å². The van der Waals surface area contributed by atoms with Gasteiger partial charge >= 0.3 is 24.0 Å². The van der Waals surface area contributed by atoms with Crippen molar-refractivity contribution in [2.75, 3.05) is 13.7 Å². The molecule has 1 aromatic carbocycles. The van der Waals surface area contributed by atoms with Crippen molar-refractivity contribution in [3.63, 3.8) is 0 Å². The molecule has 0 aliphatic carbocycles. The molecule has 1 aromatic rings. The van der Waals surface area contributed by atoms with Crippen LogP contribution in [0.3, 0.4) is 0 Å². The number of nitrogens with one attached hydrogen (secondary N) is 1. The van der Waals surface area contributed by atoms with Crippen LogP contribution < -0.4 is 5.32 Å². The molecule has 1 N–H and O–H groups in total. The minimum Gasteiger partial charge on any atom is -0.467 e. The first-order valence-corrected chi connectivity index (χ1v) is 10.5. The van der Waals surface area contributed by atoms with Crippen LogP contribution in [0.4, 0.5) is 4.79 Å². The fourth-order valence-electron chi connectivity index (χ4n) is 3.14. The third kappa shape index (κ3) is 9.32. The summed E-state index contributed by atoms with van der Waals surface area (Å²) in [6, 6.07) is 8.18. The normalized spacial score (nSPS) is 20.3. The first kappa shape index (κ1) is 25.9. The number of hydrogen-bond acceptors (Lipinski definition) is 9. The average Bonchev–Trinajstić information content (AvgIpc) is 2.79. The van der Waals surface area contributed by atoms with Crippen LogP contribution in [0.2, 0.25) is 0 Å². The fraction of sp³-hybridized carbons (Fsp3) is 0.478. The fourth-order valence-corrected chi connectivity index (χ4v) is 3.14. The Hall–Kier alpha value is -3.40. The molecule has 0 spiro atoms. The lowest BCUT2D eigenvalue weighted by Gasteiger charge is -2.32. The van der Waals surface area contributed by atoms with Crippen molar-refractivity contribution in [2.24, 2.45) is 0 Å². The van der Waals surface area contributed by atoms with Gasteiger partial charge in [0.15, 0.2) is 0 Å². The summed E-state index contributed by atoms with van der Waals surface area (Å²) in [4.78, 5) is 46.8. The van der Waals surface area contributed by atoms with E-state index in [1.807, 2.05) is 30.3 Å². The molecule has 0 unspecified atom stereocenters. The van der Waals surface area contributed by atoms with Gasteiger partial charge in [-0.3, -0.25) is 9.59 Å². The molecule has 1 aliphatic rings. The summed E-state index contributed by atoms with van der Waals surface area (Å²) in [5.41, 5.74) is 0.809. The van der Waals surface area contributed by atoms with Crippen molar-refractivity contribution in [1.29, 1.82) is 0 Å². The molecule has 0 saturated carbocycles. The van der Waals surface area contributed by atoms with E-state index in [0.29, 0.717) is 6.42 Å². The van der Waals surface area contributed by atoms with E-state index in [0.717, 1.165) is 5.56 Å². The molecular weight excluding hydrogens is 434 g/mol. The molecule has 10 nitrogen and oxygen atoms in total. The van der Waals surface area contributed by atoms with E-state index in [9.17, 15) is 19.2 Å². The predicted octanol–water partition coefficient (Wildman–Crippen LogP) is 2.05. The summed E-state index contributed by atoms with van der Waals surface area (Å²) in [7, 11) is 1.22. The maximum atomic E-state index is 12.2. The van der Waals surface area contributed by atoms with Crippen molar-refractivity contribution in [3.8, 4) is 0 Å². The third-order valence-corrected chi connectivity index (χ3v) is 4.71. The Morgan fingerprint density at radius 1 is 1.03 bits per heavy atom. The number of benzene rings is 1. The highest BCUT2D eigenvalue weighted by atomic mass is 16.6. The molecule has 0 radical (unpaired) electrons. The number of alkyl carbamates (subject to hydrolysis) is 1. The Morgan fingerprint density at radius 2 is 1.76 bits per heavy atom. The molecule has 0 fully saturated rings. The lowest BCUT2D eigenvalue weighted by Crippen LogP contribution is -2.44. The molecule has 1 heterocycles. The zero-order valence-electron chi connectivity index (χ0n) is 18.9. The number of amides is 1. The van der Waals surface area contributed by atoms with Crippen LogP contribution in [-0.4, -0.2) is 62.1 Å². The van der Waals surface area contributed by atoms with E-state index in [4.69, 9.17) is 23.7 Å². The van der Waals surface area contributed by atoms with Gasteiger partial charge in [0.05, 0.1) is 13.2 Å². The van der Waals surface area contributed by atoms with Crippen LogP contribution >= 0.6 is 0 Å². The highest BCUT2D eigenvalue weighted by Crippen LogP contribution is 2.21. The summed E-state index contributed by atoms with van der Waals surface area (Å²) in [6.07, 6.45) is 1.25. The van der Waals surface area contributed by atoms with Gasteiger partial charge in [-0.1, -0.05) is 36.4 Å². The highest BCUT2D eigenvalue weighted by molar-refractivity contribution is 5.81. The molecule has 10 heteroatoms. The Balaban J connectivity index is 1.92. The zero-order valence-corrected chi connectivity index (χ0v) is 18.9. The second-order valence-electron chi connectivity index (χ2n) is 7.33. The number of rotatable bonds is 10. The van der Waals surface area contributed by atoms with Gasteiger partial charge in [-0.05, 0) is 24.5 Å². The van der Waals surface area contributed by atoms with Crippen molar-refractivity contribution >= 4 is 24.0 Å². The number of carbonyl (C=O) groups is 4. The lowest BCUT2D eigenvalue weighted by molar-refractivity contribution is -0.164. The Morgan fingerprint density at radius 3 is 2.39 bits per heavy atom. The topological polar surface area (TPSA) is 126 Å². The molecule has 33 heavy (non-hydrogen) atoms. The van der Waals surface area contributed by atoms with Gasteiger partial charge in [0.25, 0.3) is 0 Å². The molecule has 1 amide bonds. The zero-order chi connectivity index (χ0) is 24.2. The number of carbonyl (C=O) groups excluding carboxylic acids is 4. The molecule has 4 atom stereocenters.